The highest BCUT2D eigenvalue weighted by Crippen LogP contribution is 2.31. The van der Waals surface area contributed by atoms with Crippen LogP contribution in [0.5, 0.6) is 5.75 Å². The van der Waals surface area contributed by atoms with Gasteiger partial charge in [0.05, 0.1) is 7.05 Å². The first-order valence-corrected chi connectivity index (χ1v) is 8.18. The molecule has 0 unspecified atom stereocenters. The molecule has 0 saturated heterocycles. The van der Waals surface area contributed by atoms with E-state index in [1.807, 2.05) is 25.1 Å². The molecule has 136 valence electrons. The van der Waals surface area contributed by atoms with Crippen LogP contribution in [0.15, 0.2) is 30.0 Å². The Morgan fingerprint density at radius 3 is 2.85 bits per heavy atom. The molecule has 0 spiro atoms. The van der Waals surface area contributed by atoms with E-state index in [1.165, 1.54) is 10.8 Å². The molecule has 3 rings (SSSR count). The average molecular weight is 356 g/mol. The second-order valence-electron chi connectivity index (χ2n) is 6.44. The van der Waals surface area contributed by atoms with Crippen molar-refractivity contribution in [3.05, 3.63) is 57.0 Å². The lowest BCUT2D eigenvalue weighted by molar-refractivity contribution is -0.391. The number of benzene rings is 1. The van der Waals surface area contributed by atoms with E-state index >= 15 is 0 Å². The molecule has 0 amide bonds. The zero-order valence-electron chi connectivity index (χ0n) is 14.9. The number of hydrogen-bond donors (Lipinski definition) is 0. The number of carbonyl (C=O) groups is 1. The Morgan fingerprint density at radius 1 is 1.42 bits per heavy atom. The number of allylic oxidation sites excluding steroid dienone is 1. The van der Waals surface area contributed by atoms with E-state index in [1.54, 1.807) is 25.3 Å². The van der Waals surface area contributed by atoms with Crippen molar-refractivity contribution in [3.8, 4) is 5.75 Å². The van der Waals surface area contributed by atoms with Gasteiger partial charge in [-0.05, 0) is 42.8 Å². The largest absolute Gasteiger partial charge is 0.492 e. The summed E-state index contributed by atoms with van der Waals surface area (Å²) < 4.78 is 7.08. The number of ketones is 1. The second-order valence-corrected chi connectivity index (χ2v) is 6.44. The van der Waals surface area contributed by atoms with E-state index in [2.05, 4.69) is 4.98 Å². The summed E-state index contributed by atoms with van der Waals surface area (Å²) in [5.41, 5.74) is 2.10. The number of Topliss-reactive ketones (excluding diaryl/α,β-unsaturated/α-hetero) is 1. The first-order valence-electron chi connectivity index (χ1n) is 8.18. The van der Waals surface area contributed by atoms with Gasteiger partial charge in [0.2, 0.25) is 5.82 Å². The minimum Gasteiger partial charge on any atom is -0.492 e. The molecule has 0 fully saturated rings. The van der Waals surface area contributed by atoms with Crippen LogP contribution in [0.4, 0.5) is 5.82 Å². The molecule has 8 heteroatoms. The maximum Gasteiger partial charge on any atom is 0.342 e. The normalized spacial score (nSPS) is 14.9. The van der Waals surface area contributed by atoms with Gasteiger partial charge >= 0.3 is 5.82 Å². The number of rotatable bonds is 6. The van der Waals surface area contributed by atoms with E-state index in [4.69, 9.17) is 4.74 Å². The zero-order valence-corrected chi connectivity index (χ0v) is 14.9. The fraction of sp³-hybridized carbons (Fsp3) is 0.333. The smallest absolute Gasteiger partial charge is 0.342 e. The molecule has 1 aliphatic carbocycles. The van der Waals surface area contributed by atoms with Crippen LogP contribution >= 0.6 is 0 Å². The number of ether oxygens (including phenoxy) is 1. The van der Waals surface area contributed by atoms with Crippen molar-refractivity contribution in [2.45, 2.75) is 6.42 Å². The Labute approximate surface area is 150 Å². The fourth-order valence-corrected chi connectivity index (χ4v) is 2.82. The Kier molecular flexibility index (Phi) is 4.85. The van der Waals surface area contributed by atoms with Crippen molar-refractivity contribution in [1.82, 2.24) is 14.5 Å². The van der Waals surface area contributed by atoms with E-state index < -0.39 is 4.92 Å². The number of imidazole rings is 1. The standard InChI is InChI=1S/C18H20N4O4/c1-20(2)6-7-26-14-4-5-15-12(9-14)8-13(18(15)23)10-16-19-11-17(21(16)3)22(24)25/h4-5,9-11H,6-8H2,1-3H3/b13-10-. The summed E-state index contributed by atoms with van der Waals surface area (Å²) in [6.45, 7) is 1.37. The highest BCUT2D eigenvalue weighted by atomic mass is 16.6. The van der Waals surface area contributed by atoms with Crippen molar-refractivity contribution in [1.29, 1.82) is 0 Å². The molecular weight excluding hydrogens is 336 g/mol. The summed E-state index contributed by atoms with van der Waals surface area (Å²) in [6.07, 6.45) is 3.26. The van der Waals surface area contributed by atoms with Crippen molar-refractivity contribution >= 4 is 17.7 Å². The summed E-state index contributed by atoms with van der Waals surface area (Å²) in [7, 11) is 5.51. The summed E-state index contributed by atoms with van der Waals surface area (Å²) >= 11 is 0. The van der Waals surface area contributed by atoms with Gasteiger partial charge in [0, 0.05) is 30.2 Å². The highest BCUT2D eigenvalue weighted by molar-refractivity contribution is 6.15. The summed E-state index contributed by atoms with van der Waals surface area (Å²) in [5, 5.41) is 10.9. The number of aromatic nitrogens is 2. The van der Waals surface area contributed by atoms with Crippen LogP contribution in [0.2, 0.25) is 0 Å². The molecule has 0 bridgehead atoms. The van der Waals surface area contributed by atoms with Crippen LogP contribution in [-0.2, 0) is 13.5 Å². The van der Waals surface area contributed by atoms with Gasteiger partial charge in [-0.3, -0.25) is 4.79 Å². The monoisotopic (exact) mass is 356 g/mol. The molecule has 0 radical (unpaired) electrons. The number of nitro groups is 1. The molecule has 1 aliphatic rings. The van der Waals surface area contributed by atoms with Gasteiger partial charge in [-0.15, -0.1) is 0 Å². The number of nitrogens with zero attached hydrogens (tertiary/aromatic N) is 4. The average Bonchev–Trinajstić information content (AvgIpc) is 3.08. The summed E-state index contributed by atoms with van der Waals surface area (Å²) in [5.74, 6) is 0.921. The second kappa shape index (κ2) is 7.09. The Bertz CT molecular complexity index is 899. The predicted molar refractivity (Wildman–Crippen MR) is 96.4 cm³/mol. The quantitative estimate of drug-likeness (QED) is 0.447. The molecule has 1 aromatic carbocycles. The van der Waals surface area contributed by atoms with Crippen molar-refractivity contribution in [3.63, 3.8) is 0 Å². The predicted octanol–water partition coefficient (Wildman–Crippen LogP) is 2.09. The fourth-order valence-electron chi connectivity index (χ4n) is 2.82. The molecular formula is C18H20N4O4. The molecule has 0 N–H and O–H groups in total. The van der Waals surface area contributed by atoms with Gasteiger partial charge in [-0.1, -0.05) is 0 Å². The SMILES string of the molecule is CN(C)CCOc1ccc2c(c1)C/C(=C/c1ncc([N+](=O)[O-])n1C)C2=O. The van der Waals surface area contributed by atoms with Gasteiger partial charge in [0.25, 0.3) is 0 Å². The maximum atomic E-state index is 12.6. The Hall–Kier alpha value is -3.00. The molecule has 8 nitrogen and oxygen atoms in total. The number of fused-ring (bicyclic) bond motifs is 1. The van der Waals surface area contributed by atoms with Gasteiger partial charge in [-0.25, -0.2) is 9.55 Å². The molecule has 0 aliphatic heterocycles. The van der Waals surface area contributed by atoms with Crippen molar-refractivity contribution in [2.75, 3.05) is 27.2 Å². The molecule has 1 aromatic heterocycles. The third kappa shape index (κ3) is 3.50. The van der Waals surface area contributed by atoms with Crippen LogP contribution in [0.25, 0.3) is 6.08 Å². The van der Waals surface area contributed by atoms with Gasteiger partial charge in [0.15, 0.2) is 5.78 Å². The van der Waals surface area contributed by atoms with Crippen molar-refractivity contribution in [2.24, 2.45) is 7.05 Å². The molecule has 1 heterocycles. The van der Waals surface area contributed by atoms with E-state index in [9.17, 15) is 14.9 Å². The first kappa shape index (κ1) is 17.8. The first-order chi connectivity index (χ1) is 12.4. The van der Waals surface area contributed by atoms with E-state index in [-0.39, 0.29) is 11.6 Å². The lowest BCUT2D eigenvalue weighted by atomic mass is 10.1. The number of carbonyl (C=O) groups excluding carboxylic acids is 1. The topological polar surface area (TPSA) is 90.5 Å². The van der Waals surface area contributed by atoms with Crippen LogP contribution in [-0.4, -0.2) is 52.4 Å². The third-order valence-corrected chi connectivity index (χ3v) is 4.29. The van der Waals surface area contributed by atoms with E-state index in [0.717, 1.165) is 17.9 Å². The maximum absolute atomic E-state index is 12.6. The van der Waals surface area contributed by atoms with Gasteiger partial charge < -0.3 is 19.8 Å². The summed E-state index contributed by atoms with van der Waals surface area (Å²) in [4.78, 5) is 29.1. The van der Waals surface area contributed by atoms with E-state index in [0.29, 0.717) is 30.0 Å². The zero-order chi connectivity index (χ0) is 18.8. The lowest BCUT2D eigenvalue weighted by Crippen LogP contribution is -2.19. The lowest BCUT2D eigenvalue weighted by Gasteiger charge is -2.11. The molecule has 2 aromatic rings. The molecule has 26 heavy (non-hydrogen) atoms. The Morgan fingerprint density at radius 2 is 2.19 bits per heavy atom. The van der Waals surface area contributed by atoms with Crippen LogP contribution < -0.4 is 4.74 Å². The van der Waals surface area contributed by atoms with Crippen LogP contribution in [0.3, 0.4) is 0 Å². The van der Waals surface area contributed by atoms with Crippen LogP contribution in [0.1, 0.15) is 21.7 Å². The summed E-state index contributed by atoms with van der Waals surface area (Å²) in [6, 6.07) is 5.44. The van der Waals surface area contributed by atoms with Gasteiger partial charge in [-0.2, -0.15) is 0 Å². The number of likely N-dealkylation sites (N-methyl/N-ethyl adjacent to an activating group) is 1. The highest BCUT2D eigenvalue weighted by Gasteiger charge is 2.27. The van der Waals surface area contributed by atoms with Gasteiger partial charge in [0.1, 0.15) is 18.6 Å². The minimum absolute atomic E-state index is 0.0782. The van der Waals surface area contributed by atoms with Crippen LogP contribution in [0, 0.1) is 10.1 Å². The third-order valence-electron chi connectivity index (χ3n) is 4.29. The molecule has 0 atom stereocenters. The molecule has 0 saturated carbocycles. The Balaban J connectivity index is 1.80. The minimum atomic E-state index is -0.502. The number of hydrogen-bond acceptors (Lipinski definition) is 6. The van der Waals surface area contributed by atoms with Crippen molar-refractivity contribution < 1.29 is 14.5 Å².